The number of amides is 1. The third-order valence-electron chi connectivity index (χ3n) is 2.92. The number of carbonyl (C=O) groups is 2. The highest BCUT2D eigenvalue weighted by molar-refractivity contribution is 6.06. The summed E-state index contributed by atoms with van der Waals surface area (Å²) in [6.45, 7) is 1.68. The standard InChI is InChI=1S/C17H14N2O3/c1-2-16(20)22-15-6-4-3-5-14(15)17(21)19-13-9-7-12(11-18)8-10-13/h3-10H,2H2,1H3,(H,19,21). The molecule has 2 aromatic rings. The van der Waals surface area contributed by atoms with Gasteiger partial charge in [0, 0.05) is 12.1 Å². The molecule has 0 aliphatic heterocycles. The molecule has 0 heterocycles. The number of benzene rings is 2. The molecule has 0 radical (unpaired) electrons. The highest BCUT2D eigenvalue weighted by Gasteiger charge is 2.14. The first-order valence-corrected chi connectivity index (χ1v) is 6.75. The first kappa shape index (κ1) is 15.3. The quantitative estimate of drug-likeness (QED) is 0.694. The molecule has 0 aliphatic rings. The van der Waals surface area contributed by atoms with Crippen molar-refractivity contribution in [2.75, 3.05) is 5.32 Å². The lowest BCUT2D eigenvalue weighted by Gasteiger charge is -2.10. The molecule has 0 aromatic heterocycles. The average Bonchev–Trinajstić information content (AvgIpc) is 2.55. The zero-order valence-electron chi connectivity index (χ0n) is 12.0. The summed E-state index contributed by atoms with van der Waals surface area (Å²) >= 11 is 0. The zero-order chi connectivity index (χ0) is 15.9. The van der Waals surface area contributed by atoms with Gasteiger partial charge in [-0.3, -0.25) is 9.59 Å². The van der Waals surface area contributed by atoms with Crippen molar-refractivity contribution in [1.29, 1.82) is 5.26 Å². The highest BCUT2D eigenvalue weighted by Crippen LogP contribution is 2.20. The van der Waals surface area contributed by atoms with E-state index in [4.69, 9.17) is 10.00 Å². The van der Waals surface area contributed by atoms with Crippen LogP contribution < -0.4 is 10.1 Å². The van der Waals surface area contributed by atoms with Gasteiger partial charge >= 0.3 is 5.97 Å². The van der Waals surface area contributed by atoms with E-state index < -0.39 is 5.97 Å². The fourth-order valence-electron chi connectivity index (χ4n) is 1.76. The molecule has 0 fully saturated rings. The molecule has 0 saturated carbocycles. The van der Waals surface area contributed by atoms with E-state index in [0.29, 0.717) is 11.3 Å². The van der Waals surface area contributed by atoms with E-state index in [1.54, 1.807) is 55.5 Å². The summed E-state index contributed by atoms with van der Waals surface area (Å²) in [4.78, 5) is 23.7. The molecule has 1 N–H and O–H groups in total. The van der Waals surface area contributed by atoms with Crippen molar-refractivity contribution in [2.45, 2.75) is 13.3 Å². The number of esters is 1. The number of nitrogens with zero attached hydrogens (tertiary/aromatic N) is 1. The first-order chi connectivity index (χ1) is 10.6. The molecule has 0 spiro atoms. The predicted octanol–water partition coefficient (Wildman–Crippen LogP) is 3.13. The van der Waals surface area contributed by atoms with Gasteiger partial charge in [0.2, 0.25) is 0 Å². The Morgan fingerprint density at radius 1 is 1.14 bits per heavy atom. The van der Waals surface area contributed by atoms with Crippen LogP contribution in [-0.4, -0.2) is 11.9 Å². The Labute approximate surface area is 128 Å². The van der Waals surface area contributed by atoms with Crippen molar-refractivity contribution in [3.05, 3.63) is 59.7 Å². The predicted molar refractivity (Wildman–Crippen MR) is 81.5 cm³/mol. The van der Waals surface area contributed by atoms with E-state index >= 15 is 0 Å². The van der Waals surface area contributed by atoms with Crippen LogP contribution in [0.4, 0.5) is 5.69 Å². The van der Waals surface area contributed by atoms with Gasteiger partial charge < -0.3 is 10.1 Å². The second kappa shape index (κ2) is 7.04. The minimum atomic E-state index is -0.404. The summed E-state index contributed by atoms with van der Waals surface area (Å²) in [7, 11) is 0. The van der Waals surface area contributed by atoms with E-state index in [1.807, 2.05) is 6.07 Å². The third kappa shape index (κ3) is 3.70. The van der Waals surface area contributed by atoms with Crippen LogP contribution in [0.15, 0.2) is 48.5 Å². The molecular formula is C17H14N2O3. The Bertz CT molecular complexity index is 730. The van der Waals surface area contributed by atoms with Crippen molar-refractivity contribution in [2.24, 2.45) is 0 Å². The van der Waals surface area contributed by atoms with Crippen LogP contribution in [0.2, 0.25) is 0 Å². The Morgan fingerprint density at radius 2 is 1.82 bits per heavy atom. The third-order valence-corrected chi connectivity index (χ3v) is 2.92. The molecule has 2 aromatic carbocycles. The molecule has 0 saturated heterocycles. The van der Waals surface area contributed by atoms with Crippen LogP contribution in [0.3, 0.4) is 0 Å². The Balaban J connectivity index is 2.18. The second-order valence-electron chi connectivity index (χ2n) is 4.47. The summed E-state index contributed by atoms with van der Waals surface area (Å²) in [5, 5.41) is 11.4. The van der Waals surface area contributed by atoms with Gasteiger partial charge in [-0.15, -0.1) is 0 Å². The van der Waals surface area contributed by atoms with Gasteiger partial charge in [0.15, 0.2) is 0 Å². The number of anilines is 1. The van der Waals surface area contributed by atoms with E-state index in [9.17, 15) is 9.59 Å². The van der Waals surface area contributed by atoms with Gasteiger partial charge in [-0.25, -0.2) is 0 Å². The Morgan fingerprint density at radius 3 is 2.45 bits per heavy atom. The maximum atomic E-state index is 12.3. The van der Waals surface area contributed by atoms with Gasteiger partial charge in [-0.05, 0) is 36.4 Å². The lowest BCUT2D eigenvalue weighted by molar-refractivity contribution is -0.134. The Kier molecular flexibility index (Phi) is 4.89. The SMILES string of the molecule is CCC(=O)Oc1ccccc1C(=O)Nc1ccc(C#N)cc1. The van der Waals surface area contributed by atoms with E-state index in [2.05, 4.69) is 5.32 Å². The maximum absolute atomic E-state index is 12.3. The number of nitrogens with one attached hydrogen (secondary N) is 1. The molecule has 0 aliphatic carbocycles. The first-order valence-electron chi connectivity index (χ1n) is 6.75. The number of ether oxygens (including phenoxy) is 1. The lowest BCUT2D eigenvalue weighted by Crippen LogP contribution is -2.15. The normalized spacial score (nSPS) is 9.64. The molecule has 110 valence electrons. The Hall–Kier alpha value is -3.13. The van der Waals surface area contributed by atoms with Crippen molar-refractivity contribution < 1.29 is 14.3 Å². The summed E-state index contributed by atoms with van der Waals surface area (Å²) in [6.07, 6.45) is 0.228. The fraction of sp³-hybridized carbons (Fsp3) is 0.118. The van der Waals surface area contributed by atoms with Crippen LogP contribution in [0.5, 0.6) is 5.75 Å². The topological polar surface area (TPSA) is 79.2 Å². The molecule has 0 unspecified atom stereocenters. The summed E-state index contributed by atoms with van der Waals surface area (Å²) in [6, 6.07) is 15.0. The van der Waals surface area contributed by atoms with Crippen LogP contribution >= 0.6 is 0 Å². The average molecular weight is 294 g/mol. The van der Waals surface area contributed by atoms with Gasteiger partial charge in [0.05, 0.1) is 17.2 Å². The maximum Gasteiger partial charge on any atom is 0.310 e. The van der Waals surface area contributed by atoms with Crippen molar-refractivity contribution in [3.8, 4) is 11.8 Å². The summed E-state index contributed by atoms with van der Waals surface area (Å²) in [5.74, 6) is -0.566. The molecule has 2 rings (SSSR count). The van der Waals surface area contributed by atoms with E-state index in [-0.39, 0.29) is 23.6 Å². The van der Waals surface area contributed by atoms with E-state index in [1.165, 1.54) is 0 Å². The largest absolute Gasteiger partial charge is 0.426 e. The fourth-order valence-corrected chi connectivity index (χ4v) is 1.76. The summed E-state index contributed by atoms with van der Waals surface area (Å²) < 4.78 is 5.15. The lowest BCUT2D eigenvalue weighted by atomic mass is 10.1. The van der Waals surface area contributed by atoms with Crippen molar-refractivity contribution in [3.63, 3.8) is 0 Å². The molecule has 0 atom stereocenters. The van der Waals surface area contributed by atoms with Crippen LogP contribution in [0.25, 0.3) is 0 Å². The van der Waals surface area contributed by atoms with Crippen LogP contribution in [-0.2, 0) is 4.79 Å². The van der Waals surface area contributed by atoms with Crippen molar-refractivity contribution in [1.82, 2.24) is 0 Å². The van der Waals surface area contributed by atoms with Gasteiger partial charge in [-0.1, -0.05) is 19.1 Å². The number of hydrogen-bond acceptors (Lipinski definition) is 4. The molecule has 0 bridgehead atoms. The number of carbonyl (C=O) groups excluding carboxylic acids is 2. The number of rotatable bonds is 4. The van der Waals surface area contributed by atoms with Crippen LogP contribution in [0.1, 0.15) is 29.3 Å². The van der Waals surface area contributed by atoms with E-state index in [0.717, 1.165) is 0 Å². The number of hydrogen-bond donors (Lipinski definition) is 1. The molecule has 22 heavy (non-hydrogen) atoms. The molecule has 5 heteroatoms. The smallest absolute Gasteiger partial charge is 0.310 e. The monoisotopic (exact) mass is 294 g/mol. The minimum absolute atomic E-state index is 0.223. The molecule has 1 amide bonds. The number of para-hydroxylation sites is 1. The van der Waals surface area contributed by atoms with Gasteiger partial charge in [0.1, 0.15) is 5.75 Å². The van der Waals surface area contributed by atoms with Crippen molar-refractivity contribution >= 4 is 17.6 Å². The highest BCUT2D eigenvalue weighted by atomic mass is 16.5. The van der Waals surface area contributed by atoms with Crippen LogP contribution in [0, 0.1) is 11.3 Å². The minimum Gasteiger partial charge on any atom is -0.426 e. The van der Waals surface area contributed by atoms with Gasteiger partial charge in [0.25, 0.3) is 5.91 Å². The molecular weight excluding hydrogens is 280 g/mol. The number of nitriles is 1. The second-order valence-corrected chi connectivity index (χ2v) is 4.47. The van der Waals surface area contributed by atoms with Gasteiger partial charge in [-0.2, -0.15) is 5.26 Å². The zero-order valence-corrected chi connectivity index (χ0v) is 12.0. The molecule has 5 nitrogen and oxygen atoms in total. The summed E-state index contributed by atoms with van der Waals surface area (Å²) in [5.41, 5.74) is 1.34.